The fraction of sp³-hybridized carbons (Fsp3) is 0.444. The van der Waals surface area contributed by atoms with Gasteiger partial charge < -0.3 is 15.5 Å². The van der Waals surface area contributed by atoms with Crippen LogP contribution in [0, 0.1) is 11.3 Å². The van der Waals surface area contributed by atoms with Gasteiger partial charge in [-0.15, -0.1) is 0 Å². The van der Waals surface area contributed by atoms with Crippen molar-refractivity contribution in [3.8, 4) is 6.07 Å². The smallest absolute Gasteiger partial charge is 0.128 e. The number of nitrogens with zero attached hydrogens (tertiary/aromatic N) is 6. The monoisotopic (exact) mass is 454 g/mol. The molecule has 0 amide bonds. The first-order chi connectivity index (χ1) is 16.8. The van der Waals surface area contributed by atoms with Crippen molar-refractivity contribution < 1.29 is 1.37 Å². The van der Waals surface area contributed by atoms with Gasteiger partial charge in [-0.25, -0.2) is 4.98 Å². The Kier molecular flexibility index (Phi) is 4.71. The lowest BCUT2D eigenvalue weighted by Gasteiger charge is -2.43. The predicted octanol–water partition coefficient (Wildman–Crippen LogP) is 3.58. The topological polar surface area (TPSA) is 85.3 Å². The summed E-state index contributed by atoms with van der Waals surface area (Å²) < 4.78 is 7.93. The van der Waals surface area contributed by atoms with E-state index in [9.17, 15) is 5.26 Å². The molecule has 0 unspecified atom stereocenters. The molecule has 0 spiro atoms. The Morgan fingerprint density at radius 2 is 1.97 bits per heavy atom. The maximum atomic E-state index is 9.56. The number of aromatic nitrogens is 2. The number of rotatable bonds is 2. The Labute approximate surface area is 202 Å². The second-order valence-corrected chi connectivity index (χ2v) is 10.4. The van der Waals surface area contributed by atoms with Crippen LogP contribution in [-0.2, 0) is 6.54 Å². The van der Waals surface area contributed by atoms with Gasteiger partial charge in [0.2, 0.25) is 0 Å². The highest BCUT2D eigenvalue weighted by atomic mass is 15.3. The molecule has 7 heteroatoms. The number of benzene rings is 1. The molecule has 2 saturated heterocycles. The number of hydrogen-bond acceptors (Lipinski definition) is 7. The standard InChI is InChI=1S/C27H31N7/c1-18-15-33(23-7-5-19(14-28)26-21(23)4-3-11-30-26)17-24-20-6-8-25(31-22(20)16-34(18)24)32-12-9-27(2,29)10-13-32/h3-8,11,18,24H,9-10,12-13,15-17,29H2,1-2H3/t18-,24-/m1/s1/i11D. The predicted molar refractivity (Wildman–Crippen MR) is 135 cm³/mol. The minimum Gasteiger partial charge on any atom is -0.368 e. The Morgan fingerprint density at radius 3 is 2.76 bits per heavy atom. The van der Waals surface area contributed by atoms with Crippen molar-refractivity contribution in [1.29, 1.82) is 5.26 Å². The van der Waals surface area contributed by atoms with Crippen LogP contribution >= 0.6 is 0 Å². The largest absolute Gasteiger partial charge is 0.368 e. The summed E-state index contributed by atoms with van der Waals surface area (Å²) in [6.45, 7) is 8.96. The SMILES string of the molecule is [2H]c1ccc2c(N3C[C@@H](C)N4Cc5nc(N6CCC(C)(N)CC6)ccc5[C@H]4C3)ccc(C#N)c2n1. The van der Waals surface area contributed by atoms with E-state index in [1.807, 2.05) is 18.2 Å². The quantitative estimate of drug-likeness (QED) is 0.633. The van der Waals surface area contributed by atoms with Crippen molar-refractivity contribution >= 4 is 22.4 Å². The maximum absolute atomic E-state index is 9.56. The molecule has 0 saturated carbocycles. The fourth-order valence-electron chi connectivity index (χ4n) is 5.86. The zero-order chi connectivity index (χ0) is 24.3. The molecule has 3 aromatic rings. The number of pyridine rings is 2. The minimum absolute atomic E-state index is 0.0693. The molecule has 0 bridgehead atoms. The van der Waals surface area contributed by atoms with Crippen molar-refractivity contribution in [2.75, 3.05) is 36.0 Å². The molecule has 2 N–H and O–H groups in total. The first-order valence-electron chi connectivity index (χ1n) is 12.7. The molecule has 3 aliphatic rings. The molecule has 7 nitrogen and oxygen atoms in total. The van der Waals surface area contributed by atoms with Gasteiger partial charge in [-0.3, -0.25) is 9.88 Å². The second-order valence-electron chi connectivity index (χ2n) is 10.4. The van der Waals surface area contributed by atoms with Gasteiger partial charge in [0, 0.05) is 61.6 Å². The molecule has 2 aromatic heterocycles. The highest BCUT2D eigenvalue weighted by molar-refractivity contribution is 5.95. The van der Waals surface area contributed by atoms with Crippen LogP contribution < -0.4 is 15.5 Å². The lowest BCUT2D eigenvalue weighted by Crippen LogP contribution is -2.51. The van der Waals surface area contributed by atoms with Crippen LogP contribution in [0.3, 0.4) is 0 Å². The van der Waals surface area contributed by atoms with E-state index in [4.69, 9.17) is 12.1 Å². The van der Waals surface area contributed by atoms with E-state index in [0.717, 1.165) is 62.5 Å². The third kappa shape index (κ3) is 3.49. The van der Waals surface area contributed by atoms with Crippen molar-refractivity contribution in [3.63, 3.8) is 0 Å². The van der Waals surface area contributed by atoms with Gasteiger partial charge in [0.1, 0.15) is 11.9 Å². The van der Waals surface area contributed by atoms with Crippen molar-refractivity contribution in [2.45, 2.75) is 50.9 Å². The summed E-state index contributed by atoms with van der Waals surface area (Å²) in [5, 5.41) is 10.5. The normalized spacial score (nSPS) is 24.5. The van der Waals surface area contributed by atoms with Crippen LogP contribution in [0.2, 0.25) is 0 Å². The molecule has 2 fully saturated rings. The summed E-state index contributed by atoms with van der Waals surface area (Å²) in [6, 6.07) is 14.8. The van der Waals surface area contributed by atoms with E-state index in [0.29, 0.717) is 17.1 Å². The second kappa shape index (κ2) is 7.93. The molecular weight excluding hydrogens is 422 g/mol. The molecule has 0 aliphatic carbocycles. The average molecular weight is 455 g/mol. The van der Waals surface area contributed by atoms with Crippen molar-refractivity contribution in [1.82, 2.24) is 14.9 Å². The van der Waals surface area contributed by atoms with Crippen LogP contribution in [0.1, 0.15) is 50.9 Å². The minimum atomic E-state index is -0.0693. The molecule has 2 atom stereocenters. The maximum Gasteiger partial charge on any atom is 0.128 e. The highest BCUT2D eigenvalue weighted by Crippen LogP contribution is 2.41. The molecule has 5 heterocycles. The van der Waals surface area contributed by atoms with E-state index >= 15 is 0 Å². The van der Waals surface area contributed by atoms with Crippen LogP contribution in [0.25, 0.3) is 10.9 Å². The zero-order valence-corrected chi connectivity index (χ0v) is 19.8. The fourth-order valence-corrected chi connectivity index (χ4v) is 5.86. The lowest BCUT2D eigenvalue weighted by atomic mass is 9.91. The van der Waals surface area contributed by atoms with E-state index in [-0.39, 0.29) is 17.8 Å². The first kappa shape index (κ1) is 20.2. The van der Waals surface area contributed by atoms with Gasteiger partial charge >= 0.3 is 0 Å². The van der Waals surface area contributed by atoms with Crippen LogP contribution in [0.15, 0.2) is 42.6 Å². The summed E-state index contributed by atoms with van der Waals surface area (Å²) in [4.78, 5) is 16.8. The lowest BCUT2D eigenvalue weighted by molar-refractivity contribution is 0.133. The molecule has 0 radical (unpaired) electrons. The van der Waals surface area contributed by atoms with E-state index in [1.54, 1.807) is 6.07 Å². The number of nitriles is 1. The molecular formula is C27H31N7. The summed E-state index contributed by atoms with van der Waals surface area (Å²) >= 11 is 0. The Hall–Kier alpha value is -3.21. The molecule has 6 rings (SSSR count). The third-order valence-electron chi connectivity index (χ3n) is 7.92. The Morgan fingerprint density at radius 1 is 1.15 bits per heavy atom. The van der Waals surface area contributed by atoms with E-state index < -0.39 is 0 Å². The van der Waals surface area contributed by atoms with E-state index in [1.165, 1.54) is 11.3 Å². The molecule has 34 heavy (non-hydrogen) atoms. The summed E-state index contributed by atoms with van der Waals surface area (Å²) in [5.74, 6) is 1.07. The molecule has 174 valence electrons. The van der Waals surface area contributed by atoms with Crippen LogP contribution in [0.5, 0.6) is 0 Å². The number of hydrogen-bond donors (Lipinski definition) is 1. The number of nitrogens with two attached hydrogens (primary N) is 1. The third-order valence-corrected chi connectivity index (χ3v) is 7.92. The molecule has 3 aliphatic heterocycles. The van der Waals surface area contributed by atoms with Crippen molar-refractivity contribution in [2.24, 2.45) is 5.73 Å². The summed E-state index contributed by atoms with van der Waals surface area (Å²) in [6.07, 6.45) is 2.16. The number of piperazine rings is 1. The van der Waals surface area contributed by atoms with Gasteiger partial charge in [0.05, 0.1) is 24.2 Å². The number of piperidine rings is 1. The van der Waals surface area contributed by atoms with Gasteiger partial charge in [-0.2, -0.15) is 5.26 Å². The number of fused-ring (bicyclic) bond motifs is 4. The van der Waals surface area contributed by atoms with E-state index in [2.05, 4.69) is 51.7 Å². The average Bonchev–Trinajstić information content (AvgIpc) is 3.21. The first-order valence-corrected chi connectivity index (χ1v) is 12.2. The number of anilines is 2. The zero-order valence-electron chi connectivity index (χ0n) is 20.8. The van der Waals surface area contributed by atoms with Gasteiger partial charge in [0.15, 0.2) is 0 Å². The van der Waals surface area contributed by atoms with Crippen LogP contribution in [0.4, 0.5) is 11.5 Å². The van der Waals surface area contributed by atoms with Gasteiger partial charge in [-0.1, -0.05) is 6.07 Å². The van der Waals surface area contributed by atoms with Gasteiger partial charge in [-0.05, 0) is 62.6 Å². The van der Waals surface area contributed by atoms with Crippen LogP contribution in [-0.4, -0.2) is 52.6 Å². The molecule has 1 aromatic carbocycles. The van der Waals surface area contributed by atoms with Gasteiger partial charge in [0.25, 0.3) is 0 Å². The highest BCUT2D eigenvalue weighted by Gasteiger charge is 2.40. The summed E-state index contributed by atoms with van der Waals surface area (Å²) in [5.41, 5.74) is 11.0. The Balaban J connectivity index is 1.30. The van der Waals surface area contributed by atoms with Crippen molar-refractivity contribution in [3.05, 3.63) is 59.4 Å². The summed E-state index contributed by atoms with van der Waals surface area (Å²) in [7, 11) is 0. The Bertz CT molecular complexity index is 1340.